The topological polar surface area (TPSA) is 73.6 Å². The number of hydrogen-bond acceptors (Lipinski definition) is 4. The number of carbonyl (C=O) groups is 1. The van der Waals surface area contributed by atoms with Crippen LogP contribution in [0, 0.1) is 0 Å². The van der Waals surface area contributed by atoms with E-state index in [4.69, 9.17) is 5.11 Å². The molecule has 22 heavy (non-hydrogen) atoms. The molecule has 1 aromatic heterocycles. The Morgan fingerprint density at radius 2 is 2.09 bits per heavy atom. The maximum Gasteiger partial charge on any atom is 0.323 e. The SMILES string of the molecule is Cn1nc(C2CCC2)cc1NC(=O)N1CCN(CCO)CC1. The van der Waals surface area contributed by atoms with E-state index in [2.05, 4.69) is 15.3 Å². The number of aromatic nitrogens is 2. The molecule has 0 radical (unpaired) electrons. The molecule has 0 bridgehead atoms. The number of anilines is 1. The summed E-state index contributed by atoms with van der Waals surface area (Å²) in [4.78, 5) is 16.3. The molecule has 1 saturated carbocycles. The van der Waals surface area contributed by atoms with Gasteiger partial charge in [0.1, 0.15) is 5.82 Å². The summed E-state index contributed by atoms with van der Waals surface area (Å²) in [6.45, 7) is 3.87. The first-order valence-corrected chi connectivity index (χ1v) is 8.10. The molecule has 1 aliphatic carbocycles. The molecule has 2 N–H and O–H groups in total. The van der Waals surface area contributed by atoms with Crippen LogP contribution in [0.4, 0.5) is 10.6 Å². The highest BCUT2D eigenvalue weighted by Crippen LogP contribution is 2.36. The van der Waals surface area contributed by atoms with Crippen LogP contribution in [0.15, 0.2) is 6.07 Å². The molecule has 0 aromatic carbocycles. The average molecular weight is 307 g/mol. The molecule has 0 unspecified atom stereocenters. The minimum Gasteiger partial charge on any atom is -0.395 e. The summed E-state index contributed by atoms with van der Waals surface area (Å²) in [7, 11) is 1.87. The first-order valence-electron chi connectivity index (χ1n) is 8.10. The third kappa shape index (κ3) is 3.25. The zero-order chi connectivity index (χ0) is 15.5. The Hall–Kier alpha value is -1.60. The molecule has 1 aromatic rings. The zero-order valence-corrected chi connectivity index (χ0v) is 13.2. The average Bonchev–Trinajstić information content (AvgIpc) is 2.78. The van der Waals surface area contributed by atoms with E-state index in [1.54, 1.807) is 4.68 Å². The minimum atomic E-state index is -0.0631. The number of aryl methyl sites for hydroxylation is 1. The lowest BCUT2D eigenvalue weighted by Gasteiger charge is -2.34. The molecule has 2 amide bonds. The highest BCUT2D eigenvalue weighted by atomic mass is 16.3. The van der Waals surface area contributed by atoms with Crippen molar-refractivity contribution in [3.63, 3.8) is 0 Å². The van der Waals surface area contributed by atoms with Crippen LogP contribution in [-0.2, 0) is 7.05 Å². The number of aliphatic hydroxyl groups excluding tert-OH is 1. The Morgan fingerprint density at radius 1 is 1.36 bits per heavy atom. The number of hydrogen-bond donors (Lipinski definition) is 2. The van der Waals surface area contributed by atoms with E-state index in [0.29, 0.717) is 25.6 Å². The van der Waals surface area contributed by atoms with Gasteiger partial charge in [0.05, 0.1) is 12.3 Å². The van der Waals surface area contributed by atoms with Crippen molar-refractivity contribution in [1.29, 1.82) is 0 Å². The Labute approximate surface area is 130 Å². The van der Waals surface area contributed by atoms with E-state index in [1.807, 2.05) is 18.0 Å². The number of aliphatic hydroxyl groups is 1. The number of nitrogens with one attached hydrogen (secondary N) is 1. The predicted octanol–water partition coefficient (Wildman–Crippen LogP) is 0.829. The van der Waals surface area contributed by atoms with E-state index in [-0.39, 0.29) is 12.6 Å². The van der Waals surface area contributed by atoms with Crippen LogP contribution in [-0.4, -0.2) is 70.0 Å². The van der Waals surface area contributed by atoms with Crippen LogP contribution in [0.3, 0.4) is 0 Å². The summed E-state index contributed by atoms with van der Waals surface area (Å²) in [5, 5.41) is 16.4. The van der Waals surface area contributed by atoms with Crippen LogP contribution in [0.25, 0.3) is 0 Å². The third-order valence-corrected chi connectivity index (χ3v) is 4.73. The first-order chi connectivity index (χ1) is 10.7. The van der Waals surface area contributed by atoms with Crippen molar-refractivity contribution in [2.75, 3.05) is 44.6 Å². The number of nitrogens with zero attached hydrogens (tertiary/aromatic N) is 4. The van der Waals surface area contributed by atoms with Gasteiger partial charge in [-0.15, -0.1) is 0 Å². The standard InChI is InChI=1S/C15H25N5O2/c1-18-14(11-13(17-18)12-3-2-4-12)16-15(22)20-7-5-19(6-8-20)9-10-21/h11-12,21H,2-10H2,1H3,(H,16,22). The second kappa shape index (κ2) is 6.66. The highest BCUT2D eigenvalue weighted by Gasteiger charge is 2.25. The van der Waals surface area contributed by atoms with E-state index < -0.39 is 0 Å². The normalized spacial score (nSPS) is 20.0. The number of piperazine rings is 1. The van der Waals surface area contributed by atoms with Gasteiger partial charge >= 0.3 is 6.03 Å². The van der Waals surface area contributed by atoms with Gasteiger partial charge in [-0.3, -0.25) is 14.9 Å². The van der Waals surface area contributed by atoms with Crippen molar-refractivity contribution in [2.24, 2.45) is 7.05 Å². The number of urea groups is 1. The molecule has 2 aliphatic rings. The number of rotatable bonds is 4. The quantitative estimate of drug-likeness (QED) is 0.864. The van der Waals surface area contributed by atoms with Crippen LogP contribution in [0.5, 0.6) is 0 Å². The smallest absolute Gasteiger partial charge is 0.323 e. The molecule has 2 heterocycles. The lowest BCUT2D eigenvalue weighted by atomic mass is 9.83. The second-order valence-electron chi connectivity index (χ2n) is 6.19. The molecule has 0 spiro atoms. The lowest BCUT2D eigenvalue weighted by molar-refractivity contribution is 0.127. The van der Waals surface area contributed by atoms with E-state index in [9.17, 15) is 4.79 Å². The maximum atomic E-state index is 12.4. The van der Waals surface area contributed by atoms with Gasteiger partial charge in [-0.05, 0) is 12.8 Å². The molecular formula is C15H25N5O2. The minimum absolute atomic E-state index is 0.0631. The van der Waals surface area contributed by atoms with Crippen molar-refractivity contribution in [2.45, 2.75) is 25.2 Å². The van der Waals surface area contributed by atoms with Gasteiger partial charge in [-0.1, -0.05) is 6.42 Å². The summed E-state index contributed by atoms with van der Waals surface area (Å²) in [5.41, 5.74) is 1.09. The molecule has 7 heteroatoms. The summed E-state index contributed by atoms with van der Waals surface area (Å²) in [6, 6.07) is 1.94. The van der Waals surface area contributed by atoms with Crippen molar-refractivity contribution in [3.05, 3.63) is 11.8 Å². The van der Waals surface area contributed by atoms with Crippen LogP contribution >= 0.6 is 0 Å². The molecule has 1 saturated heterocycles. The summed E-state index contributed by atoms with van der Waals surface area (Å²) < 4.78 is 1.76. The van der Waals surface area contributed by atoms with E-state index in [0.717, 1.165) is 24.6 Å². The maximum absolute atomic E-state index is 12.4. The Morgan fingerprint density at radius 3 is 2.68 bits per heavy atom. The van der Waals surface area contributed by atoms with Crippen LogP contribution in [0.2, 0.25) is 0 Å². The number of amides is 2. The number of β-amino-alcohol motifs (C(OH)–C–C–N with tert-alkyl or cyclic N) is 1. The van der Waals surface area contributed by atoms with Crippen LogP contribution < -0.4 is 5.32 Å². The molecule has 7 nitrogen and oxygen atoms in total. The second-order valence-corrected chi connectivity index (χ2v) is 6.19. The Kier molecular flexibility index (Phi) is 4.63. The van der Waals surface area contributed by atoms with Gasteiger partial charge in [0.2, 0.25) is 0 Å². The lowest BCUT2D eigenvalue weighted by Crippen LogP contribution is -2.50. The van der Waals surface area contributed by atoms with Crippen molar-refractivity contribution < 1.29 is 9.90 Å². The van der Waals surface area contributed by atoms with Crippen LogP contribution in [0.1, 0.15) is 30.9 Å². The zero-order valence-electron chi connectivity index (χ0n) is 13.2. The summed E-state index contributed by atoms with van der Waals surface area (Å²) in [5.74, 6) is 1.34. The van der Waals surface area contributed by atoms with Gasteiger partial charge in [-0.2, -0.15) is 5.10 Å². The molecule has 2 fully saturated rings. The van der Waals surface area contributed by atoms with Gasteiger partial charge in [0, 0.05) is 51.8 Å². The fourth-order valence-corrected chi connectivity index (χ4v) is 3.01. The molecule has 1 aliphatic heterocycles. The fourth-order valence-electron chi connectivity index (χ4n) is 3.01. The van der Waals surface area contributed by atoms with Crippen molar-refractivity contribution >= 4 is 11.8 Å². The van der Waals surface area contributed by atoms with Gasteiger partial charge < -0.3 is 10.0 Å². The molecule has 3 rings (SSSR count). The fraction of sp³-hybridized carbons (Fsp3) is 0.733. The Balaban J connectivity index is 1.54. The Bertz CT molecular complexity index is 518. The van der Waals surface area contributed by atoms with Gasteiger partial charge in [-0.25, -0.2) is 4.79 Å². The van der Waals surface area contributed by atoms with Crippen molar-refractivity contribution in [1.82, 2.24) is 19.6 Å². The van der Waals surface area contributed by atoms with Gasteiger partial charge in [0.25, 0.3) is 0 Å². The highest BCUT2D eigenvalue weighted by molar-refractivity contribution is 5.88. The van der Waals surface area contributed by atoms with E-state index >= 15 is 0 Å². The summed E-state index contributed by atoms with van der Waals surface area (Å²) in [6.07, 6.45) is 3.69. The molecule has 122 valence electrons. The molecular weight excluding hydrogens is 282 g/mol. The summed E-state index contributed by atoms with van der Waals surface area (Å²) >= 11 is 0. The van der Waals surface area contributed by atoms with E-state index in [1.165, 1.54) is 19.3 Å². The molecule has 0 atom stereocenters. The predicted molar refractivity (Wildman–Crippen MR) is 83.9 cm³/mol. The monoisotopic (exact) mass is 307 g/mol. The largest absolute Gasteiger partial charge is 0.395 e. The van der Waals surface area contributed by atoms with Crippen molar-refractivity contribution in [3.8, 4) is 0 Å². The first kappa shape index (κ1) is 15.3. The third-order valence-electron chi connectivity index (χ3n) is 4.73. The number of carbonyl (C=O) groups excluding carboxylic acids is 1. The van der Waals surface area contributed by atoms with Gasteiger partial charge in [0.15, 0.2) is 0 Å².